The van der Waals surface area contributed by atoms with Crippen molar-refractivity contribution in [1.29, 1.82) is 0 Å². The van der Waals surface area contributed by atoms with Gasteiger partial charge in [0.05, 0.1) is 0 Å². The van der Waals surface area contributed by atoms with Crippen LogP contribution in [0.2, 0.25) is 5.02 Å². The van der Waals surface area contributed by atoms with Crippen LogP contribution in [0, 0.1) is 6.92 Å². The van der Waals surface area contributed by atoms with E-state index in [1.165, 1.54) is 14.5 Å². The number of halogens is 1. The second-order valence-corrected chi connectivity index (χ2v) is 6.49. The number of aryl methyl sites for hydroxylation is 1. The average molecular weight is 312 g/mol. The number of rotatable bonds is 3. The van der Waals surface area contributed by atoms with Crippen molar-refractivity contribution in [1.82, 2.24) is 0 Å². The monoisotopic (exact) mass is 312 g/mol. The number of ether oxygens (including phenoxy) is 1. The van der Waals surface area contributed by atoms with Crippen LogP contribution in [-0.4, -0.2) is 22.1 Å². The van der Waals surface area contributed by atoms with E-state index in [0.29, 0.717) is 0 Å². The summed E-state index contributed by atoms with van der Waals surface area (Å²) in [6.45, 7) is 2.07. The maximum absolute atomic E-state index is 5.88. The third-order valence-electron chi connectivity index (χ3n) is 2.36. The molecule has 0 unspecified atom stereocenters. The molecule has 0 fully saturated rings. The Labute approximate surface area is 113 Å². The molecule has 0 radical (unpaired) electrons. The Kier molecular flexibility index (Phi) is 4.11. The van der Waals surface area contributed by atoms with E-state index in [0.717, 1.165) is 10.8 Å². The Hall–Kier alpha value is -0.951. The molecular weight excluding hydrogens is 299 g/mol. The van der Waals surface area contributed by atoms with Crippen molar-refractivity contribution in [2.24, 2.45) is 0 Å². The summed E-state index contributed by atoms with van der Waals surface area (Å²) in [7, 11) is 1.72. The van der Waals surface area contributed by atoms with E-state index in [-0.39, 0.29) is 15.0 Å². The number of hydrogen-bond acceptors (Lipinski definition) is 1. The van der Waals surface area contributed by atoms with Gasteiger partial charge in [-0.15, -0.1) is 0 Å². The van der Waals surface area contributed by atoms with Gasteiger partial charge in [0, 0.05) is 0 Å². The molecular formula is C14H13ClOSe. The summed E-state index contributed by atoms with van der Waals surface area (Å²) in [5.74, 6) is 0.972. The van der Waals surface area contributed by atoms with Crippen LogP contribution in [0.5, 0.6) is 5.75 Å². The quantitative estimate of drug-likeness (QED) is 0.791. The first kappa shape index (κ1) is 12.5. The predicted octanol–water partition coefficient (Wildman–Crippen LogP) is 2.31. The molecule has 0 aliphatic carbocycles. The van der Waals surface area contributed by atoms with Gasteiger partial charge in [-0.05, 0) is 0 Å². The summed E-state index contributed by atoms with van der Waals surface area (Å²) < 4.78 is 7.96. The second kappa shape index (κ2) is 5.59. The minimum atomic E-state index is 0.254. The molecule has 0 aliphatic heterocycles. The molecule has 1 nitrogen and oxygen atoms in total. The summed E-state index contributed by atoms with van der Waals surface area (Å²) >= 11 is 6.13. The Bertz CT molecular complexity index is 508. The fourth-order valence-corrected chi connectivity index (χ4v) is 3.51. The topological polar surface area (TPSA) is 9.23 Å². The van der Waals surface area contributed by atoms with E-state index in [4.69, 9.17) is 16.3 Å². The first-order valence-corrected chi connectivity index (χ1v) is 7.36. The predicted molar refractivity (Wildman–Crippen MR) is 74.2 cm³/mol. The van der Waals surface area contributed by atoms with E-state index >= 15 is 0 Å². The maximum atomic E-state index is 5.88. The van der Waals surface area contributed by atoms with Gasteiger partial charge in [-0.1, -0.05) is 0 Å². The molecule has 0 amide bonds. The zero-order chi connectivity index (χ0) is 12.3. The zero-order valence-electron chi connectivity index (χ0n) is 9.74. The Morgan fingerprint density at radius 1 is 1.06 bits per heavy atom. The van der Waals surface area contributed by atoms with Crippen LogP contribution in [0.15, 0.2) is 42.5 Å². The first-order valence-electron chi connectivity index (χ1n) is 5.27. The third-order valence-corrected chi connectivity index (χ3v) is 4.85. The fraction of sp³-hybridized carbons (Fsp3) is 0.143. The average Bonchev–Trinajstić information content (AvgIpc) is 2.34. The Morgan fingerprint density at radius 3 is 2.41 bits per heavy atom. The summed E-state index contributed by atoms with van der Waals surface area (Å²) in [5.41, 5.74) is 1.22. The van der Waals surface area contributed by atoms with Gasteiger partial charge in [-0.25, -0.2) is 0 Å². The first-order chi connectivity index (χ1) is 8.19. The Balaban J connectivity index is 2.26. The van der Waals surface area contributed by atoms with Gasteiger partial charge in [-0.3, -0.25) is 0 Å². The SMILES string of the molecule is COc1cc(C)ccc1[Se]c1ccc(Cl)cc1. The van der Waals surface area contributed by atoms with Crippen LogP contribution in [0.3, 0.4) is 0 Å². The van der Waals surface area contributed by atoms with E-state index in [1.807, 2.05) is 12.1 Å². The van der Waals surface area contributed by atoms with Crippen molar-refractivity contribution in [2.45, 2.75) is 6.92 Å². The van der Waals surface area contributed by atoms with Gasteiger partial charge in [0.2, 0.25) is 0 Å². The molecule has 0 saturated heterocycles. The van der Waals surface area contributed by atoms with Crippen LogP contribution >= 0.6 is 11.6 Å². The second-order valence-electron chi connectivity index (χ2n) is 3.71. The molecule has 0 heterocycles. The van der Waals surface area contributed by atoms with Crippen LogP contribution < -0.4 is 13.7 Å². The molecule has 2 aromatic carbocycles. The van der Waals surface area contributed by atoms with Crippen molar-refractivity contribution >= 4 is 35.5 Å². The van der Waals surface area contributed by atoms with Gasteiger partial charge in [-0.2, -0.15) is 0 Å². The number of benzene rings is 2. The normalized spacial score (nSPS) is 10.3. The van der Waals surface area contributed by atoms with Crippen LogP contribution in [0.4, 0.5) is 0 Å². The Morgan fingerprint density at radius 2 is 1.76 bits per heavy atom. The molecule has 0 aliphatic rings. The summed E-state index contributed by atoms with van der Waals surface area (Å²) in [6.07, 6.45) is 0. The van der Waals surface area contributed by atoms with E-state index in [9.17, 15) is 0 Å². The molecule has 0 bridgehead atoms. The van der Waals surface area contributed by atoms with Crippen LogP contribution in [0.1, 0.15) is 5.56 Å². The van der Waals surface area contributed by atoms with Crippen LogP contribution in [-0.2, 0) is 0 Å². The molecule has 88 valence electrons. The van der Waals surface area contributed by atoms with Gasteiger partial charge >= 0.3 is 113 Å². The molecule has 2 aromatic rings. The molecule has 0 atom stereocenters. The summed E-state index contributed by atoms with van der Waals surface area (Å²) in [5, 5.41) is 0.778. The molecule has 0 aromatic heterocycles. The van der Waals surface area contributed by atoms with Crippen molar-refractivity contribution < 1.29 is 4.74 Å². The van der Waals surface area contributed by atoms with E-state index < -0.39 is 0 Å². The summed E-state index contributed by atoms with van der Waals surface area (Å²) in [6, 6.07) is 14.3. The van der Waals surface area contributed by atoms with E-state index in [1.54, 1.807) is 7.11 Å². The van der Waals surface area contributed by atoms with Gasteiger partial charge < -0.3 is 0 Å². The third kappa shape index (κ3) is 3.26. The van der Waals surface area contributed by atoms with Crippen LogP contribution in [0.25, 0.3) is 0 Å². The summed E-state index contributed by atoms with van der Waals surface area (Å²) in [4.78, 5) is 0. The molecule has 0 spiro atoms. The molecule has 0 saturated carbocycles. The van der Waals surface area contributed by atoms with Gasteiger partial charge in [0.25, 0.3) is 0 Å². The van der Waals surface area contributed by atoms with Crippen molar-refractivity contribution in [3.63, 3.8) is 0 Å². The van der Waals surface area contributed by atoms with Crippen molar-refractivity contribution in [2.75, 3.05) is 7.11 Å². The number of methoxy groups -OCH3 is 1. The van der Waals surface area contributed by atoms with Gasteiger partial charge in [0.1, 0.15) is 0 Å². The standard InChI is InChI=1S/C14H13ClOSe/c1-10-3-8-14(13(9-10)16-2)17-12-6-4-11(15)5-7-12/h3-9H,1-2H3. The minimum absolute atomic E-state index is 0.254. The molecule has 2 rings (SSSR count). The molecule has 17 heavy (non-hydrogen) atoms. The van der Waals surface area contributed by atoms with Crippen molar-refractivity contribution in [3.8, 4) is 5.75 Å². The zero-order valence-corrected chi connectivity index (χ0v) is 12.2. The van der Waals surface area contributed by atoms with Crippen molar-refractivity contribution in [3.05, 3.63) is 53.1 Å². The molecule has 3 heteroatoms. The fourth-order valence-electron chi connectivity index (χ4n) is 1.49. The van der Waals surface area contributed by atoms with Gasteiger partial charge in [0.15, 0.2) is 0 Å². The molecule has 0 N–H and O–H groups in total. The number of hydrogen-bond donors (Lipinski definition) is 0. The van der Waals surface area contributed by atoms with E-state index in [2.05, 4.69) is 37.3 Å².